The normalized spacial score (nSPS) is 9.83. The second-order valence-corrected chi connectivity index (χ2v) is 5.54. The van der Waals surface area contributed by atoms with Gasteiger partial charge < -0.3 is 0 Å². The van der Waals surface area contributed by atoms with Crippen molar-refractivity contribution in [3.63, 3.8) is 0 Å². The number of carbonyl (C=O) groups excluding carboxylic acids is 2. The van der Waals surface area contributed by atoms with Gasteiger partial charge in [-0.3, -0.25) is 30.7 Å². The van der Waals surface area contributed by atoms with Crippen LogP contribution in [0.1, 0.15) is 20.7 Å². The molecule has 1 aromatic heterocycles. The van der Waals surface area contributed by atoms with E-state index in [1.165, 1.54) is 42.7 Å². The molecule has 2 amide bonds. The molecule has 0 unspecified atom stereocenters. The third-order valence-electron chi connectivity index (χ3n) is 2.58. The smallest absolute Gasteiger partial charge is 0.269 e. The van der Waals surface area contributed by atoms with Gasteiger partial charge in [-0.2, -0.15) is 0 Å². The van der Waals surface area contributed by atoms with Crippen molar-refractivity contribution in [1.29, 1.82) is 0 Å². The third kappa shape index (κ3) is 5.17. The van der Waals surface area contributed by atoms with Gasteiger partial charge in [0.2, 0.25) is 0 Å². The van der Waals surface area contributed by atoms with Crippen molar-refractivity contribution in [2.24, 2.45) is 0 Å². The van der Waals surface area contributed by atoms with Crippen LogP contribution in [0.2, 0.25) is 10.0 Å². The second-order valence-electron chi connectivity index (χ2n) is 4.26. The average Bonchev–Trinajstić information content (AvgIpc) is 2.52. The molecule has 0 aliphatic heterocycles. The molecule has 0 spiro atoms. The fourth-order valence-electron chi connectivity index (χ4n) is 1.58. The van der Waals surface area contributed by atoms with E-state index in [4.69, 9.17) is 35.4 Å². The summed E-state index contributed by atoms with van der Waals surface area (Å²) in [5, 5.41) is 2.97. The van der Waals surface area contributed by atoms with Crippen molar-refractivity contribution < 1.29 is 9.59 Å². The number of carbonyl (C=O) groups is 2. The molecule has 0 saturated heterocycles. The lowest BCUT2D eigenvalue weighted by molar-refractivity contribution is 0.0934. The van der Waals surface area contributed by atoms with E-state index in [1.807, 2.05) is 0 Å². The second kappa shape index (κ2) is 7.87. The number of hydrogen-bond acceptors (Lipinski definition) is 4. The van der Waals surface area contributed by atoms with Crippen LogP contribution in [0, 0.1) is 0 Å². The number of rotatable bonds is 2. The van der Waals surface area contributed by atoms with Crippen LogP contribution in [0.4, 0.5) is 0 Å². The summed E-state index contributed by atoms with van der Waals surface area (Å²) in [6.07, 6.45) is 2.97. The highest BCUT2D eigenvalue weighted by Crippen LogP contribution is 2.18. The molecule has 0 saturated carbocycles. The van der Waals surface area contributed by atoms with Crippen molar-refractivity contribution in [3.8, 4) is 0 Å². The van der Waals surface area contributed by atoms with Gasteiger partial charge in [-0.25, -0.2) is 0 Å². The highest BCUT2D eigenvalue weighted by atomic mass is 35.5. The number of thiocarbonyl (C=S) groups is 1. The van der Waals surface area contributed by atoms with Gasteiger partial charge in [0.05, 0.1) is 0 Å². The van der Waals surface area contributed by atoms with Crippen LogP contribution in [0.3, 0.4) is 0 Å². The van der Waals surface area contributed by atoms with E-state index in [9.17, 15) is 9.59 Å². The van der Waals surface area contributed by atoms with Gasteiger partial charge in [-0.05, 0) is 42.5 Å². The Balaban J connectivity index is 1.89. The summed E-state index contributed by atoms with van der Waals surface area (Å²) in [5.74, 6) is -0.931. The molecule has 1 heterocycles. The Labute approximate surface area is 147 Å². The van der Waals surface area contributed by atoms with Crippen molar-refractivity contribution in [2.75, 3.05) is 0 Å². The first kappa shape index (κ1) is 17.1. The predicted octanol–water partition coefficient (Wildman–Crippen LogP) is 2.34. The topological polar surface area (TPSA) is 83.1 Å². The Morgan fingerprint density at radius 2 is 1.52 bits per heavy atom. The molecular weight excluding hydrogens is 359 g/mol. The van der Waals surface area contributed by atoms with Crippen molar-refractivity contribution in [3.05, 3.63) is 63.9 Å². The van der Waals surface area contributed by atoms with Crippen LogP contribution in [-0.2, 0) is 0 Å². The summed E-state index contributed by atoms with van der Waals surface area (Å²) in [5.41, 5.74) is 5.41. The monoisotopic (exact) mass is 368 g/mol. The lowest BCUT2D eigenvalue weighted by Crippen LogP contribution is -2.48. The Kier molecular flexibility index (Phi) is 5.86. The number of hydrazine groups is 1. The first-order valence-corrected chi connectivity index (χ1v) is 7.40. The summed E-state index contributed by atoms with van der Waals surface area (Å²) in [6, 6.07) is 7.46. The lowest BCUT2D eigenvalue weighted by Gasteiger charge is -2.11. The zero-order valence-electron chi connectivity index (χ0n) is 11.5. The first-order chi connectivity index (χ1) is 11.0. The minimum atomic E-state index is -0.509. The van der Waals surface area contributed by atoms with Crippen molar-refractivity contribution in [2.45, 2.75) is 0 Å². The molecule has 0 aliphatic rings. The van der Waals surface area contributed by atoms with Crippen molar-refractivity contribution in [1.82, 2.24) is 21.2 Å². The summed E-state index contributed by atoms with van der Waals surface area (Å²) < 4.78 is 0. The Morgan fingerprint density at radius 1 is 0.913 bits per heavy atom. The van der Waals surface area contributed by atoms with Crippen LogP contribution in [0.5, 0.6) is 0 Å². The Morgan fingerprint density at radius 3 is 2.13 bits per heavy atom. The van der Waals surface area contributed by atoms with Gasteiger partial charge >= 0.3 is 0 Å². The Bertz CT molecular complexity index is 735. The van der Waals surface area contributed by atoms with E-state index in [-0.39, 0.29) is 10.7 Å². The van der Waals surface area contributed by atoms with E-state index < -0.39 is 11.8 Å². The number of amides is 2. The van der Waals surface area contributed by atoms with Gasteiger partial charge in [0.25, 0.3) is 11.8 Å². The average molecular weight is 369 g/mol. The van der Waals surface area contributed by atoms with Gasteiger partial charge in [0.1, 0.15) is 0 Å². The number of pyridine rings is 1. The number of nitrogens with zero attached hydrogens (tertiary/aromatic N) is 1. The zero-order chi connectivity index (χ0) is 16.8. The quantitative estimate of drug-likeness (QED) is 0.559. The van der Waals surface area contributed by atoms with E-state index >= 15 is 0 Å². The molecule has 9 heteroatoms. The minimum absolute atomic E-state index is 0.0755. The van der Waals surface area contributed by atoms with E-state index in [1.54, 1.807) is 0 Å². The molecule has 1 aromatic carbocycles. The predicted molar refractivity (Wildman–Crippen MR) is 91.4 cm³/mol. The number of aromatic nitrogens is 1. The number of nitrogens with one attached hydrogen (secondary N) is 3. The number of benzene rings is 1. The summed E-state index contributed by atoms with van der Waals surface area (Å²) in [7, 11) is 0. The van der Waals surface area contributed by atoms with E-state index in [0.717, 1.165) is 0 Å². The molecule has 6 nitrogen and oxygen atoms in total. The Hall–Kier alpha value is -2.22. The van der Waals surface area contributed by atoms with Crippen LogP contribution < -0.4 is 16.2 Å². The molecule has 0 aliphatic carbocycles. The molecule has 0 radical (unpaired) electrons. The number of hydrogen-bond donors (Lipinski definition) is 3. The van der Waals surface area contributed by atoms with Crippen molar-refractivity contribution >= 4 is 52.3 Å². The maximum Gasteiger partial charge on any atom is 0.269 e. The largest absolute Gasteiger partial charge is 0.298 e. The molecule has 23 heavy (non-hydrogen) atoms. The molecule has 0 atom stereocenters. The summed E-state index contributed by atoms with van der Waals surface area (Å²) in [6.45, 7) is 0. The zero-order valence-corrected chi connectivity index (χ0v) is 13.8. The number of halogens is 2. The van der Waals surface area contributed by atoms with Crippen LogP contribution in [-0.4, -0.2) is 21.9 Å². The van der Waals surface area contributed by atoms with Gasteiger partial charge in [0.15, 0.2) is 5.11 Å². The SMILES string of the molecule is O=C(NNC(=S)NC(=O)c1cc(Cl)cc(Cl)c1)c1ccncc1. The third-order valence-corrected chi connectivity index (χ3v) is 3.22. The molecular formula is C14H10Cl2N4O2S. The fourth-order valence-corrected chi connectivity index (χ4v) is 2.25. The highest BCUT2D eigenvalue weighted by molar-refractivity contribution is 7.80. The molecule has 0 bridgehead atoms. The summed E-state index contributed by atoms with van der Waals surface area (Å²) >= 11 is 16.6. The van der Waals surface area contributed by atoms with Gasteiger partial charge in [0, 0.05) is 33.6 Å². The molecule has 118 valence electrons. The highest BCUT2D eigenvalue weighted by Gasteiger charge is 2.11. The fraction of sp³-hybridized carbons (Fsp3) is 0. The van der Waals surface area contributed by atoms with E-state index in [2.05, 4.69) is 21.2 Å². The lowest BCUT2D eigenvalue weighted by atomic mass is 10.2. The standard InChI is InChI=1S/C14H10Cl2N4O2S/c15-10-5-9(6-11(16)7-10)12(21)18-14(23)20-19-13(22)8-1-3-17-4-2-8/h1-7H,(H,19,22)(H2,18,20,21,23). The molecule has 2 aromatic rings. The van der Waals surface area contributed by atoms with Crippen LogP contribution in [0.25, 0.3) is 0 Å². The van der Waals surface area contributed by atoms with Gasteiger partial charge in [-0.1, -0.05) is 23.2 Å². The van der Waals surface area contributed by atoms with Crippen LogP contribution in [0.15, 0.2) is 42.7 Å². The maximum atomic E-state index is 12.0. The first-order valence-electron chi connectivity index (χ1n) is 6.23. The summed E-state index contributed by atoms with van der Waals surface area (Å²) in [4.78, 5) is 27.6. The molecule has 2 rings (SSSR count). The minimum Gasteiger partial charge on any atom is -0.298 e. The molecule has 0 fully saturated rings. The van der Waals surface area contributed by atoms with Crippen LogP contribution >= 0.6 is 35.4 Å². The van der Waals surface area contributed by atoms with E-state index in [0.29, 0.717) is 15.6 Å². The van der Waals surface area contributed by atoms with Gasteiger partial charge in [-0.15, -0.1) is 0 Å². The molecule has 3 N–H and O–H groups in total. The maximum absolute atomic E-state index is 12.0.